The predicted molar refractivity (Wildman–Crippen MR) is 72.7 cm³/mol. The minimum atomic E-state index is -0.385. The van der Waals surface area contributed by atoms with E-state index < -0.39 is 0 Å². The SMILES string of the molecule is NCCCCc1ncc(-c2ccccc2[N+](=O)[O-])[nH]1. The van der Waals surface area contributed by atoms with E-state index >= 15 is 0 Å². The molecule has 100 valence electrons. The van der Waals surface area contributed by atoms with Crippen LogP contribution in [0.15, 0.2) is 30.5 Å². The maximum Gasteiger partial charge on any atom is 0.278 e. The molecule has 0 aliphatic rings. The van der Waals surface area contributed by atoms with Crippen molar-refractivity contribution in [1.82, 2.24) is 9.97 Å². The first-order valence-electron chi connectivity index (χ1n) is 6.20. The van der Waals surface area contributed by atoms with Gasteiger partial charge in [0.15, 0.2) is 0 Å². The molecule has 2 rings (SSSR count). The topological polar surface area (TPSA) is 97.8 Å². The average Bonchev–Trinajstić information content (AvgIpc) is 2.88. The summed E-state index contributed by atoms with van der Waals surface area (Å²) in [5, 5.41) is 11.0. The largest absolute Gasteiger partial charge is 0.342 e. The lowest BCUT2D eigenvalue weighted by molar-refractivity contribution is -0.384. The first-order valence-corrected chi connectivity index (χ1v) is 6.20. The van der Waals surface area contributed by atoms with Crippen LogP contribution in [0.5, 0.6) is 0 Å². The van der Waals surface area contributed by atoms with E-state index in [1.165, 1.54) is 6.07 Å². The molecule has 0 fully saturated rings. The lowest BCUT2D eigenvalue weighted by atomic mass is 10.1. The smallest absolute Gasteiger partial charge is 0.278 e. The molecular weight excluding hydrogens is 244 g/mol. The Morgan fingerprint density at radius 3 is 2.84 bits per heavy atom. The fraction of sp³-hybridized carbons (Fsp3) is 0.308. The number of nitrogens with zero attached hydrogens (tertiary/aromatic N) is 2. The summed E-state index contributed by atoms with van der Waals surface area (Å²) >= 11 is 0. The molecule has 0 saturated heterocycles. The van der Waals surface area contributed by atoms with Crippen LogP contribution < -0.4 is 5.73 Å². The number of aryl methyl sites for hydroxylation is 1. The van der Waals surface area contributed by atoms with Crippen LogP contribution in [0, 0.1) is 10.1 Å². The number of rotatable bonds is 6. The highest BCUT2D eigenvalue weighted by molar-refractivity contribution is 5.70. The molecule has 1 aromatic heterocycles. The van der Waals surface area contributed by atoms with Gasteiger partial charge in [-0.1, -0.05) is 12.1 Å². The second-order valence-electron chi connectivity index (χ2n) is 4.26. The number of imidazole rings is 1. The molecule has 2 aromatic rings. The van der Waals surface area contributed by atoms with Crippen molar-refractivity contribution in [2.75, 3.05) is 6.54 Å². The van der Waals surface area contributed by atoms with Gasteiger partial charge in [-0.25, -0.2) is 4.98 Å². The third kappa shape index (κ3) is 3.17. The summed E-state index contributed by atoms with van der Waals surface area (Å²) < 4.78 is 0. The van der Waals surface area contributed by atoms with E-state index in [9.17, 15) is 10.1 Å². The van der Waals surface area contributed by atoms with Gasteiger partial charge in [-0.05, 0) is 25.5 Å². The normalized spacial score (nSPS) is 10.6. The van der Waals surface area contributed by atoms with Gasteiger partial charge in [0.25, 0.3) is 5.69 Å². The van der Waals surface area contributed by atoms with Crippen molar-refractivity contribution in [2.24, 2.45) is 5.73 Å². The van der Waals surface area contributed by atoms with Gasteiger partial charge >= 0.3 is 0 Å². The van der Waals surface area contributed by atoms with E-state index in [4.69, 9.17) is 5.73 Å². The number of nitrogens with two attached hydrogens (primary N) is 1. The predicted octanol–water partition coefficient (Wildman–Crippen LogP) is 2.27. The maximum absolute atomic E-state index is 11.0. The third-order valence-electron chi connectivity index (χ3n) is 2.89. The molecule has 0 amide bonds. The Balaban J connectivity index is 2.21. The number of nitro groups is 1. The summed E-state index contributed by atoms with van der Waals surface area (Å²) in [5.41, 5.74) is 6.76. The zero-order valence-corrected chi connectivity index (χ0v) is 10.5. The number of nitro benzene ring substituents is 1. The van der Waals surface area contributed by atoms with Gasteiger partial charge in [0.2, 0.25) is 0 Å². The quantitative estimate of drug-likeness (QED) is 0.473. The summed E-state index contributed by atoms with van der Waals surface area (Å²) in [6.07, 6.45) is 4.35. The molecule has 1 aromatic carbocycles. The Bertz CT molecular complexity index is 565. The van der Waals surface area contributed by atoms with E-state index in [1.54, 1.807) is 24.4 Å². The van der Waals surface area contributed by atoms with Crippen LogP contribution in [-0.2, 0) is 6.42 Å². The second-order valence-corrected chi connectivity index (χ2v) is 4.26. The average molecular weight is 260 g/mol. The van der Waals surface area contributed by atoms with Crippen molar-refractivity contribution in [3.8, 4) is 11.3 Å². The Morgan fingerprint density at radius 2 is 2.11 bits per heavy atom. The summed E-state index contributed by atoms with van der Waals surface area (Å²) in [4.78, 5) is 18.0. The zero-order chi connectivity index (χ0) is 13.7. The van der Waals surface area contributed by atoms with Crippen molar-refractivity contribution in [2.45, 2.75) is 19.3 Å². The molecule has 0 radical (unpaired) electrons. The Morgan fingerprint density at radius 1 is 1.32 bits per heavy atom. The first-order chi connectivity index (χ1) is 9.22. The molecule has 3 N–H and O–H groups in total. The number of nitrogens with one attached hydrogen (secondary N) is 1. The van der Waals surface area contributed by atoms with Gasteiger partial charge < -0.3 is 10.7 Å². The molecule has 6 heteroatoms. The van der Waals surface area contributed by atoms with Gasteiger partial charge in [-0.2, -0.15) is 0 Å². The van der Waals surface area contributed by atoms with Crippen molar-refractivity contribution in [1.29, 1.82) is 0 Å². The fourth-order valence-corrected chi connectivity index (χ4v) is 1.92. The molecule has 0 aliphatic heterocycles. The highest BCUT2D eigenvalue weighted by Crippen LogP contribution is 2.27. The number of aromatic amines is 1. The minimum Gasteiger partial charge on any atom is -0.342 e. The van der Waals surface area contributed by atoms with Crippen molar-refractivity contribution in [3.63, 3.8) is 0 Å². The molecular formula is C13H16N4O2. The van der Waals surface area contributed by atoms with Gasteiger partial charge in [-0.3, -0.25) is 10.1 Å². The van der Waals surface area contributed by atoms with Crippen LogP contribution in [0.4, 0.5) is 5.69 Å². The maximum atomic E-state index is 11.0. The number of aromatic nitrogens is 2. The highest BCUT2D eigenvalue weighted by atomic mass is 16.6. The van der Waals surface area contributed by atoms with Crippen LogP contribution in [0.3, 0.4) is 0 Å². The van der Waals surface area contributed by atoms with Crippen molar-refractivity contribution < 1.29 is 4.92 Å². The Hall–Kier alpha value is -2.21. The first kappa shape index (κ1) is 13.2. The summed E-state index contributed by atoms with van der Waals surface area (Å²) in [7, 11) is 0. The standard InChI is InChI=1S/C13H16N4O2/c14-8-4-3-7-13-15-9-11(16-13)10-5-1-2-6-12(10)17(18)19/h1-2,5-6,9H,3-4,7-8,14H2,(H,15,16). The minimum absolute atomic E-state index is 0.0830. The summed E-state index contributed by atoms with van der Waals surface area (Å²) in [6.45, 7) is 0.664. The number of benzene rings is 1. The molecule has 0 spiro atoms. The van der Waals surface area contributed by atoms with E-state index in [-0.39, 0.29) is 10.6 Å². The van der Waals surface area contributed by atoms with Gasteiger partial charge in [-0.15, -0.1) is 0 Å². The van der Waals surface area contributed by atoms with Crippen LogP contribution in [0.2, 0.25) is 0 Å². The lowest BCUT2D eigenvalue weighted by Gasteiger charge is -1.99. The number of hydrogen-bond donors (Lipinski definition) is 2. The Labute approximate surface area is 110 Å². The number of hydrogen-bond acceptors (Lipinski definition) is 4. The zero-order valence-electron chi connectivity index (χ0n) is 10.5. The molecule has 0 aliphatic carbocycles. The van der Waals surface area contributed by atoms with Crippen LogP contribution in [0.25, 0.3) is 11.3 Å². The lowest BCUT2D eigenvalue weighted by Crippen LogP contribution is -1.99. The van der Waals surface area contributed by atoms with Crippen molar-refractivity contribution >= 4 is 5.69 Å². The van der Waals surface area contributed by atoms with Gasteiger partial charge in [0, 0.05) is 12.5 Å². The second kappa shape index (κ2) is 6.10. The highest BCUT2D eigenvalue weighted by Gasteiger charge is 2.15. The molecule has 0 saturated carbocycles. The van der Waals surface area contributed by atoms with Crippen LogP contribution in [0.1, 0.15) is 18.7 Å². The van der Waals surface area contributed by atoms with Crippen LogP contribution in [-0.4, -0.2) is 21.4 Å². The molecule has 19 heavy (non-hydrogen) atoms. The number of unbranched alkanes of at least 4 members (excludes halogenated alkanes) is 1. The van der Waals surface area contributed by atoms with E-state index in [0.717, 1.165) is 25.1 Å². The van der Waals surface area contributed by atoms with Gasteiger partial charge in [0.05, 0.1) is 22.4 Å². The van der Waals surface area contributed by atoms with E-state index in [2.05, 4.69) is 9.97 Å². The third-order valence-corrected chi connectivity index (χ3v) is 2.89. The van der Waals surface area contributed by atoms with Crippen molar-refractivity contribution in [3.05, 3.63) is 46.4 Å². The summed E-state index contributed by atoms with van der Waals surface area (Å²) in [5.74, 6) is 0.835. The summed E-state index contributed by atoms with van der Waals surface area (Å²) in [6, 6.07) is 6.64. The molecule has 0 atom stereocenters. The van der Waals surface area contributed by atoms with Gasteiger partial charge in [0.1, 0.15) is 5.82 Å². The number of para-hydroxylation sites is 1. The molecule has 0 bridgehead atoms. The van der Waals surface area contributed by atoms with E-state index in [0.29, 0.717) is 17.8 Å². The van der Waals surface area contributed by atoms with E-state index in [1.807, 2.05) is 0 Å². The molecule has 0 unspecified atom stereocenters. The fourth-order valence-electron chi connectivity index (χ4n) is 1.92. The number of H-pyrrole nitrogens is 1. The Kier molecular flexibility index (Phi) is 4.25. The molecule has 1 heterocycles. The van der Waals surface area contributed by atoms with Crippen LogP contribution >= 0.6 is 0 Å². The molecule has 6 nitrogen and oxygen atoms in total. The monoisotopic (exact) mass is 260 g/mol.